The molecule has 3 aromatic carbocycles. The van der Waals surface area contributed by atoms with E-state index in [1.54, 1.807) is 0 Å². The van der Waals surface area contributed by atoms with Gasteiger partial charge in [-0.25, -0.2) is 0 Å². The lowest BCUT2D eigenvalue weighted by Gasteiger charge is -2.27. The van der Waals surface area contributed by atoms with Crippen molar-refractivity contribution >= 4 is 11.3 Å². The fourth-order valence-electron chi connectivity index (χ4n) is 4.71. The van der Waals surface area contributed by atoms with E-state index in [1.807, 2.05) is 0 Å². The van der Waals surface area contributed by atoms with Crippen LogP contribution in [0.3, 0.4) is 0 Å². The van der Waals surface area contributed by atoms with Crippen molar-refractivity contribution in [1.29, 1.82) is 0 Å². The molecule has 3 aromatic rings. The summed E-state index contributed by atoms with van der Waals surface area (Å²) in [5.41, 5.74) is 9.47. The lowest BCUT2D eigenvalue weighted by Crippen LogP contribution is -2.34. The van der Waals surface area contributed by atoms with Gasteiger partial charge in [-0.1, -0.05) is 78.9 Å². The zero-order valence-corrected chi connectivity index (χ0v) is 17.1. The minimum atomic E-state index is -0.323. The van der Waals surface area contributed by atoms with Crippen LogP contribution in [0.1, 0.15) is 37.5 Å². The number of fused-ring (bicyclic) bond motifs is 3. The lowest BCUT2D eigenvalue weighted by molar-refractivity contribution is 0.0542. The molecule has 1 aliphatic heterocycles. The van der Waals surface area contributed by atoms with E-state index in [0.29, 0.717) is 6.61 Å². The number of hydrogen-bond donors (Lipinski definition) is 0. The van der Waals surface area contributed by atoms with Crippen molar-refractivity contribution in [2.24, 2.45) is 4.99 Å². The van der Waals surface area contributed by atoms with Gasteiger partial charge in [-0.3, -0.25) is 4.99 Å². The predicted molar refractivity (Wildman–Crippen MR) is 120 cm³/mol. The Morgan fingerprint density at radius 3 is 1.83 bits per heavy atom. The third kappa shape index (κ3) is 2.79. The van der Waals surface area contributed by atoms with Crippen LogP contribution in [0.5, 0.6) is 0 Å². The minimum Gasteiger partial charge on any atom is -0.371 e. The summed E-state index contributed by atoms with van der Waals surface area (Å²) in [5, 5.41) is 0. The molecule has 0 amide bonds. The maximum atomic E-state index is 6.35. The maximum Gasteiger partial charge on any atom is 0.110 e. The van der Waals surface area contributed by atoms with Crippen LogP contribution in [0.4, 0.5) is 0 Å². The van der Waals surface area contributed by atoms with E-state index in [2.05, 4.69) is 99.6 Å². The van der Waals surface area contributed by atoms with Crippen molar-refractivity contribution in [2.75, 3.05) is 6.61 Å². The largest absolute Gasteiger partial charge is 0.371 e. The fourth-order valence-corrected chi connectivity index (χ4v) is 4.71. The van der Waals surface area contributed by atoms with Crippen LogP contribution < -0.4 is 0 Å². The quantitative estimate of drug-likeness (QED) is 0.418. The second-order valence-electron chi connectivity index (χ2n) is 8.20. The van der Waals surface area contributed by atoms with Crippen molar-refractivity contribution in [2.45, 2.75) is 32.4 Å². The number of ether oxygens (including phenoxy) is 1. The molecular formula is C27H25NO. The molecule has 0 aromatic heterocycles. The molecule has 0 bridgehead atoms. The third-order valence-corrected chi connectivity index (χ3v) is 5.89. The molecule has 29 heavy (non-hydrogen) atoms. The highest BCUT2D eigenvalue weighted by molar-refractivity contribution is 6.22. The van der Waals surface area contributed by atoms with Gasteiger partial charge in [-0.05, 0) is 48.6 Å². The first kappa shape index (κ1) is 18.1. The van der Waals surface area contributed by atoms with E-state index in [0.717, 1.165) is 11.3 Å². The highest BCUT2D eigenvalue weighted by Gasteiger charge is 2.44. The van der Waals surface area contributed by atoms with E-state index in [-0.39, 0.29) is 11.6 Å². The van der Waals surface area contributed by atoms with Gasteiger partial charge in [0.2, 0.25) is 0 Å². The summed E-state index contributed by atoms with van der Waals surface area (Å²) in [5.74, 6) is 0. The van der Waals surface area contributed by atoms with Crippen LogP contribution >= 0.6 is 0 Å². The van der Waals surface area contributed by atoms with Crippen LogP contribution in [0.15, 0.2) is 89.4 Å². The van der Waals surface area contributed by atoms with E-state index in [1.165, 1.54) is 33.4 Å². The Balaban J connectivity index is 1.86. The molecule has 0 N–H and O–H groups in total. The average Bonchev–Trinajstić information content (AvgIpc) is 3.21. The molecule has 0 fully saturated rings. The molecule has 0 saturated heterocycles. The first-order chi connectivity index (χ1) is 14.1. The van der Waals surface area contributed by atoms with Crippen LogP contribution in [-0.2, 0) is 4.74 Å². The van der Waals surface area contributed by atoms with Crippen molar-refractivity contribution in [3.05, 3.63) is 101 Å². The fraction of sp³-hybridized carbons (Fsp3) is 0.222. The highest BCUT2D eigenvalue weighted by Crippen LogP contribution is 2.49. The van der Waals surface area contributed by atoms with Crippen LogP contribution in [-0.4, -0.2) is 24.0 Å². The zero-order valence-electron chi connectivity index (χ0n) is 17.1. The van der Waals surface area contributed by atoms with Crippen LogP contribution in [0.25, 0.3) is 16.7 Å². The standard InChI is InChI=1S/C27H25NO/c1-4-29-26-24(25(28-27(26,2)3)18-12-6-5-7-13-18)23-21-16-10-8-14-19(21)20-15-9-11-17-22(20)23/h5-17,26H,4H2,1-3H3. The topological polar surface area (TPSA) is 21.6 Å². The van der Waals surface area contributed by atoms with Gasteiger partial charge in [0, 0.05) is 17.7 Å². The molecule has 0 radical (unpaired) electrons. The molecule has 5 rings (SSSR count). The molecule has 2 aliphatic rings. The summed E-state index contributed by atoms with van der Waals surface area (Å²) in [7, 11) is 0. The molecule has 0 saturated carbocycles. The predicted octanol–water partition coefficient (Wildman–Crippen LogP) is 6.16. The molecule has 1 unspecified atom stereocenters. The molecule has 0 spiro atoms. The number of aliphatic imine (C=N–C) groups is 1. The maximum absolute atomic E-state index is 6.35. The van der Waals surface area contributed by atoms with Gasteiger partial charge in [0.1, 0.15) is 6.10 Å². The Kier molecular flexibility index (Phi) is 4.25. The SMILES string of the molecule is CCOC1C(=C2c3ccccc3-c3ccccc32)C(c2ccccc2)=NC1(C)C. The normalized spacial score (nSPS) is 19.1. The Bertz CT molecular complexity index is 1090. The summed E-state index contributed by atoms with van der Waals surface area (Å²) in [6, 6.07) is 27.9. The molecule has 1 atom stereocenters. The molecule has 2 heteroatoms. The van der Waals surface area contributed by atoms with Crippen molar-refractivity contribution in [3.63, 3.8) is 0 Å². The molecule has 1 aliphatic carbocycles. The van der Waals surface area contributed by atoms with Crippen LogP contribution in [0, 0.1) is 0 Å². The van der Waals surface area contributed by atoms with Gasteiger partial charge in [-0.15, -0.1) is 0 Å². The van der Waals surface area contributed by atoms with Crippen molar-refractivity contribution < 1.29 is 4.74 Å². The molecule has 144 valence electrons. The van der Waals surface area contributed by atoms with E-state index in [9.17, 15) is 0 Å². The number of rotatable bonds is 3. The lowest BCUT2D eigenvalue weighted by atomic mass is 9.85. The summed E-state index contributed by atoms with van der Waals surface area (Å²) >= 11 is 0. The van der Waals surface area contributed by atoms with Gasteiger partial charge < -0.3 is 4.74 Å². The molecular weight excluding hydrogens is 354 g/mol. The van der Waals surface area contributed by atoms with Crippen molar-refractivity contribution in [1.82, 2.24) is 0 Å². The van der Waals surface area contributed by atoms with Gasteiger partial charge in [0.15, 0.2) is 0 Å². The van der Waals surface area contributed by atoms with Gasteiger partial charge in [0.05, 0.1) is 11.3 Å². The smallest absolute Gasteiger partial charge is 0.110 e. The molecule has 2 nitrogen and oxygen atoms in total. The number of benzene rings is 3. The molecule has 1 heterocycles. The first-order valence-corrected chi connectivity index (χ1v) is 10.3. The summed E-state index contributed by atoms with van der Waals surface area (Å²) < 4.78 is 6.35. The summed E-state index contributed by atoms with van der Waals surface area (Å²) in [6.45, 7) is 7.08. The zero-order chi connectivity index (χ0) is 20.0. The third-order valence-electron chi connectivity index (χ3n) is 5.89. The average molecular weight is 380 g/mol. The van der Waals surface area contributed by atoms with E-state index in [4.69, 9.17) is 9.73 Å². The summed E-state index contributed by atoms with van der Waals surface area (Å²) in [4.78, 5) is 5.20. The minimum absolute atomic E-state index is 0.0862. The Labute approximate surface area is 172 Å². The first-order valence-electron chi connectivity index (χ1n) is 10.3. The number of hydrogen-bond acceptors (Lipinski definition) is 2. The van der Waals surface area contributed by atoms with Crippen molar-refractivity contribution in [3.8, 4) is 11.1 Å². The van der Waals surface area contributed by atoms with Gasteiger partial charge in [0.25, 0.3) is 0 Å². The Morgan fingerprint density at radius 2 is 1.28 bits per heavy atom. The Hall–Kier alpha value is -2.97. The van der Waals surface area contributed by atoms with E-state index < -0.39 is 0 Å². The van der Waals surface area contributed by atoms with Gasteiger partial charge >= 0.3 is 0 Å². The monoisotopic (exact) mass is 379 g/mol. The second-order valence-corrected chi connectivity index (χ2v) is 8.20. The highest BCUT2D eigenvalue weighted by atomic mass is 16.5. The second kappa shape index (κ2) is 6.82. The van der Waals surface area contributed by atoms with Crippen LogP contribution in [0.2, 0.25) is 0 Å². The van der Waals surface area contributed by atoms with Gasteiger partial charge in [-0.2, -0.15) is 0 Å². The van der Waals surface area contributed by atoms with E-state index >= 15 is 0 Å². The Morgan fingerprint density at radius 1 is 0.759 bits per heavy atom. The number of nitrogens with zero attached hydrogens (tertiary/aromatic N) is 1. The summed E-state index contributed by atoms with van der Waals surface area (Å²) in [6.07, 6.45) is -0.0862.